The minimum Gasteiger partial charge on any atom is -0.396 e. The van der Waals surface area contributed by atoms with Crippen LogP contribution in [0.15, 0.2) is 35.1 Å². The average molecular weight is 314 g/mol. The van der Waals surface area contributed by atoms with Crippen molar-refractivity contribution in [3.63, 3.8) is 0 Å². The molecule has 1 saturated carbocycles. The third-order valence-electron chi connectivity index (χ3n) is 4.65. The topological polar surface area (TPSA) is 82.2 Å². The number of hydrogen-bond donors (Lipinski definition) is 3. The number of aliphatic hydroxyl groups is 1. The van der Waals surface area contributed by atoms with Crippen LogP contribution < -0.4 is 10.9 Å². The van der Waals surface area contributed by atoms with Gasteiger partial charge in [0.1, 0.15) is 0 Å². The monoisotopic (exact) mass is 314 g/mol. The van der Waals surface area contributed by atoms with E-state index in [9.17, 15) is 9.59 Å². The maximum absolute atomic E-state index is 12.2. The van der Waals surface area contributed by atoms with Crippen molar-refractivity contribution in [2.24, 2.45) is 5.92 Å². The second-order valence-electron chi connectivity index (χ2n) is 6.36. The van der Waals surface area contributed by atoms with E-state index in [0.29, 0.717) is 11.5 Å². The highest BCUT2D eigenvalue weighted by Gasteiger charge is 2.22. The Labute approximate surface area is 134 Å². The number of pyridine rings is 1. The van der Waals surface area contributed by atoms with Gasteiger partial charge in [0.05, 0.1) is 6.42 Å². The number of carbonyl (C=O) groups excluding carboxylic acids is 1. The molecule has 0 unspecified atom stereocenters. The van der Waals surface area contributed by atoms with Crippen LogP contribution in [0.4, 0.5) is 0 Å². The average Bonchev–Trinajstić information content (AvgIpc) is 2.56. The molecule has 3 rings (SSSR count). The van der Waals surface area contributed by atoms with Crippen LogP contribution in [-0.2, 0) is 11.2 Å². The van der Waals surface area contributed by atoms with Crippen molar-refractivity contribution >= 4 is 16.8 Å². The molecule has 1 aliphatic rings. The lowest BCUT2D eigenvalue weighted by Gasteiger charge is -2.27. The predicted octanol–water partition coefficient (Wildman–Crippen LogP) is 1.74. The van der Waals surface area contributed by atoms with Gasteiger partial charge in [-0.2, -0.15) is 0 Å². The Bertz CT molecular complexity index is 745. The number of aliphatic hydroxyl groups excluding tert-OH is 1. The molecule has 1 amide bonds. The maximum atomic E-state index is 12.2. The molecule has 0 radical (unpaired) electrons. The minimum absolute atomic E-state index is 0.0973. The molecule has 1 aromatic heterocycles. The van der Waals surface area contributed by atoms with Crippen LogP contribution in [-0.4, -0.2) is 28.6 Å². The fourth-order valence-corrected chi connectivity index (χ4v) is 3.26. The van der Waals surface area contributed by atoms with Gasteiger partial charge in [0, 0.05) is 23.7 Å². The predicted molar refractivity (Wildman–Crippen MR) is 89.2 cm³/mol. The zero-order valence-electron chi connectivity index (χ0n) is 13.0. The Morgan fingerprint density at radius 3 is 2.70 bits per heavy atom. The molecule has 5 heteroatoms. The lowest BCUT2D eigenvalue weighted by Crippen LogP contribution is -2.39. The molecule has 0 saturated heterocycles. The summed E-state index contributed by atoms with van der Waals surface area (Å²) >= 11 is 0. The van der Waals surface area contributed by atoms with Crippen molar-refractivity contribution in [2.75, 3.05) is 6.61 Å². The molecule has 5 nitrogen and oxygen atoms in total. The van der Waals surface area contributed by atoms with E-state index in [1.807, 2.05) is 24.3 Å². The van der Waals surface area contributed by atoms with Gasteiger partial charge < -0.3 is 15.4 Å². The fraction of sp³-hybridized carbons (Fsp3) is 0.444. The number of H-pyrrole nitrogens is 1. The maximum Gasteiger partial charge on any atom is 0.252 e. The van der Waals surface area contributed by atoms with Gasteiger partial charge in [-0.15, -0.1) is 0 Å². The molecule has 1 aromatic carbocycles. The van der Waals surface area contributed by atoms with Crippen molar-refractivity contribution in [1.29, 1.82) is 0 Å². The van der Waals surface area contributed by atoms with E-state index >= 15 is 0 Å². The zero-order chi connectivity index (χ0) is 16.2. The van der Waals surface area contributed by atoms with E-state index in [4.69, 9.17) is 5.11 Å². The second kappa shape index (κ2) is 6.96. The first kappa shape index (κ1) is 15.7. The number of hydrogen-bond acceptors (Lipinski definition) is 3. The summed E-state index contributed by atoms with van der Waals surface area (Å²) in [6, 6.07) is 9.49. The number of benzene rings is 1. The number of aromatic nitrogens is 1. The van der Waals surface area contributed by atoms with Crippen LogP contribution in [0.3, 0.4) is 0 Å². The highest BCUT2D eigenvalue weighted by atomic mass is 16.3. The van der Waals surface area contributed by atoms with Gasteiger partial charge in [-0.1, -0.05) is 18.2 Å². The van der Waals surface area contributed by atoms with E-state index in [-0.39, 0.29) is 30.5 Å². The lowest BCUT2D eigenvalue weighted by molar-refractivity contribution is -0.121. The molecule has 0 spiro atoms. The van der Waals surface area contributed by atoms with Crippen LogP contribution in [0.5, 0.6) is 0 Å². The fourth-order valence-electron chi connectivity index (χ4n) is 3.26. The summed E-state index contributed by atoms with van der Waals surface area (Å²) in [6.45, 7) is 0.229. The van der Waals surface area contributed by atoms with Gasteiger partial charge in [-0.05, 0) is 49.1 Å². The lowest BCUT2D eigenvalue weighted by atomic mass is 9.86. The number of fused-ring (bicyclic) bond motifs is 1. The number of amides is 1. The third kappa shape index (κ3) is 3.79. The van der Waals surface area contributed by atoms with E-state index in [1.54, 1.807) is 6.07 Å². The summed E-state index contributed by atoms with van der Waals surface area (Å²) in [7, 11) is 0. The molecule has 0 bridgehead atoms. The normalized spacial score (nSPS) is 21.3. The molecule has 0 atom stereocenters. The summed E-state index contributed by atoms with van der Waals surface area (Å²) in [5, 5.41) is 13.1. The first-order valence-electron chi connectivity index (χ1n) is 8.17. The molecule has 0 aliphatic heterocycles. The smallest absolute Gasteiger partial charge is 0.252 e. The van der Waals surface area contributed by atoms with Crippen molar-refractivity contribution < 1.29 is 9.90 Å². The van der Waals surface area contributed by atoms with Crippen molar-refractivity contribution in [3.8, 4) is 0 Å². The molecular formula is C18H22N2O3. The number of carbonyl (C=O) groups is 1. The van der Waals surface area contributed by atoms with Gasteiger partial charge in [0.2, 0.25) is 5.91 Å². The Morgan fingerprint density at radius 2 is 1.96 bits per heavy atom. The molecule has 2 aromatic rings. The van der Waals surface area contributed by atoms with Crippen LogP contribution >= 0.6 is 0 Å². The summed E-state index contributed by atoms with van der Waals surface area (Å²) < 4.78 is 0. The SMILES string of the molecule is O=C(Cc1cc2ccccc2[nH]c1=O)NC1CCC(CO)CC1. The number of nitrogens with one attached hydrogen (secondary N) is 2. The first-order chi connectivity index (χ1) is 11.2. The van der Waals surface area contributed by atoms with Gasteiger partial charge in [-0.25, -0.2) is 0 Å². The Kier molecular flexibility index (Phi) is 4.76. The van der Waals surface area contributed by atoms with Crippen molar-refractivity contribution in [2.45, 2.75) is 38.1 Å². The second-order valence-corrected chi connectivity index (χ2v) is 6.36. The van der Waals surface area contributed by atoms with E-state index in [1.165, 1.54) is 0 Å². The highest BCUT2D eigenvalue weighted by molar-refractivity contribution is 5.82. The Morgan fingerprint density at radius 1 is 1.22 bits per heavy atom. The summed E-state index contributed by atoms with van der Waals surface area (Å²) in [4.78, 5) is 27.1. The van der Waals surface area contributed by atoms with Crippen LogP contribution in [0, 0.1) is 5.92 Å². The number of aromatic amines is 1. The van der Waals surface area contributed by atoms with E-state index in [0.717, 1.165) is 36.6 Å². The zero-order valence-corrected chi connectivity index (χ0v) is 13.0. The van der Waals surface area contributed by atoms with Gasteiger partial charge in [0.15, 0.2) is 0 Å². The summed E-state index contributed by atoms with van der Waals surface area (Å²) in [5.74, 6) is 0.254. The van der Waals surface area contributed by atoms with Crippen molar-refractivity contribution in [1.82, 2.24) is 10.3 Å². The Balaban J connectivity index is 1.64. The number of para-hydroxylation sites is 1. The number of rotatable bonds is 4. The summed E-state index contributed by atoms with van der Waals surface area (Å²) in [5.41, 5.74) is 1.07. The molecule has 3 N–H and O–H groups in total. The van der Waals surface area contributed by atoms with Crippen LogP contribution in [0.2, 0.25) is 0 Å². The van der Waals surface area contributed by atoms with Gasteiger partial charge >= 0.3 is 0 Å². The van der Waals surface area contributed by atoms with Gasteiger partial charge in [0.25, 0.3) is 5.56 Å². The molecule has 1 fully saturated rings. The van der Waals surface area contributed by atoms with E-state index in [2.05, 4.69) is 10.3 Å². The minimum atomic E-state index is -0.206. The first-order valence-corrected chi connectivity index (χ1v) is 8.17. The van der Waals surface area contributed by atoms with E-state index < -0.39 is 0 Å². The highest BCUT2D eigenvalue weighted by Crippen LogP contribution is 2.23. The third-order valence-corrected chi connectivity index (χ3v) is 4.65. The molecule has 1 aliphatic carbocycles. The summed E-state index contributed by atoms with van der Waals surface area (Å²) in [6.07, 6.45) is 3.77. The van der Waals surface area contributed by atoms with Crippen LogP contribution in [0.1, 0.15) is 31.2 Å². The molecular weight excluding hydrogens is 292 g/mol. The quantitative estimate of drug-likeness (QED) is 0.804. The molecule has 23 heavy (non-hydrogen) atoms. The van der Waals surface area contributed by atoms with Crippen molar-refractivity contribution in [3.05, 3.63) is 46.2 Å². The standard InChI is InChI=1S/C18H22N2O3/c21-11-12-5-7-15(8-6-12)19-17(22)10-14-9-13-3-1-2-4-16(13)20-18(14)23/h1-4,9,12,15,21H,5-8,10-11H2,(H,19,22)(H,20,23). The van der Waals surface area contributed by atoms with Gasteiger partial charge in [-0.3, -0.25) is 9.59 Å². The van der Waals surface area contributed by atoms with Crippen LogP contribution in [0.25, 0.3) is 10.9 Å². The molecule has 122 valence electrons. The molecule has 1 heterocycles. The Hall–Kier alpha value is -2.14. The largest absolute Gasteiger partial charge is 0.396 e.